The molecule has 1 unspecified atom stereocenters. The fraction of sp³-hybridized carbons (Fsp3) is 0.188. The SMILES string of the molecule is CC(NC(=O)OCc1ccccc1)c1cccc([N+](=O)[O-])c1. The predicted octanol–water partition coefficient (Wildman–Crippen LogP) is 3.58. The molecule has 6 nitrogen and oxygen atoms in total. The highest BCUT2D eigenvalue weighted by Gasteiger charge is 2.13. The van der Waals surface area contributed by atoms with Crippen molar-refractivity contribution in [2.24, 2.45) is 0 Å². The van der Waals surface area contributed by atoms with E-state index in [0.29, 0.717) is 5.56 Å². The standard InChI is InChI=1S/C16H16N2O4/c1-12(14-8-5-9-15(10-14)18(20)21)17-16(19)22-11-13-6-3-2-4-7-13/h2-10,12H,11H2,1H3,(H,17,19). The Morgan fingerprint density at radius 3 is 2.64 bits per heavy atom. The number of rotatable bonds is 5. The van der Waals surface area contributed by atoms with Crippen molar-refractivity contribution >= 4 is 11.8 Å². The Kier molecular flexibility index (Phi) is 5.08. The zero-order valence-electron chi connectivity index (χ0n) is 12.1. The zero-order valence-corrected chi connectivity index (χ0v) is 12.1. The van der Waals surface area contributed by atoms with Gasteiger partial charge in [0.2, 0.25) is 0 Å². The molecule has 0 radical (unpaired) electrons. The molecule has 1 atom stereocenters. The van der Waals surface area contributed by atoms with Gasteiger partial charge in [0.1, 0.15) is 6.61 Å². The van der Waals surface area contributed by atoms with Gasteiger partial charge in [0.05, 0.1) is 11.0 Å². The number of alkyl carbamates (subject to hydrolysis) is 1. The average Bonchev–Trinajstić information content (AvgIpc) is 2.54. The van der Waals surface area contributed by atoms with E-state index in [1.807, 2.05) is 30.3 Å². The van der Waals surface area contributed by atoms with Gasteiger partial charge in [0.15, 0.2) is 0 Å². The van der Waals surface area contributed by atoms with E-state index in [-0.39, 0.29) is 18.3 Å². The molecule has 0 heterocycles. The highest BCUT2D eigenvalue weighted by atomic mass is 16.6. The van der Waals surface area contributed by atoms with Crippen LogP contribution in [0.25, 0.3) is 0 Å². The van der Waals surface area contributed by atoms with Crippen molar-refractivity contribution in [1.82, 2.24) is 5.32 Å². The van der Waals surface area contributed by atoms with Gasteiger partial charge in [0, 0.05) is 12.1 Å². The number of amides is 1. The molecule has 0 saturated carbocycles. The minimum atomic E-state index is -0.567. The van der Waals surface area contributed by atoms with Crippen LogP contribution in [-0.4, -0.2) is 11.0 Å². The van der Waals surface area contributed by atoms with Crippen molar-refractivity contribution in [2.45, 2.75) is 19.6 Å². The van der Waals surface area contributed by atoms with Crippen molar-refractivity contribution in [2.75, 3.05) is 0 Å². The van der Waals surface area contributed by atoms with Crippen LogP contribution in [0.3, 0.4) is 0 Å². The molecule has 2 rings (SSSR count). The van der Waals surface area contributed by atoms with E-state index in [2.05, 4.69) is 5.32 Å². The van der Waals surface area contributed by atoms with E-state index >= 15 is 0 Å². The second-order valence-electron chi connectivity index (χ2n) is 4.78. The first-order valence-electron chi connectivity index (χ1n) is 6.78. The molecule has 0 aliphatic carbocycles. The van der Waals surface area contributed by atoms with Crippen LogP contribution in [0, 0.1) is 10.1 Å². The Bertz CT molecular complexity index is 658. The van der Waals surface area contributed by atoms with E-state index in [1.165, 1.54) is 12.1 Å². The fourth-order valence-electron chi connectivity index (χ4n) is 1.93. The normalized spacial score (nSPS) is 11.5. The van der Waals surface area contributed by atoms with Crippen molar-refractivity contribution in [3.8, 4) is 0 Å². The summed E-state index contributed by atoms with van der Waals surface area (Å²) in [6.07, 6.45) is -0.567. The summed E-state index contributed by atoms with van der Waals surface area (Å²) in [6, 6.07) is 15.1. The molecular formula is C16H16N2O4. The molecule has 0 aliphatic rings. The molecule has 0 aromatic heterocycles. The second-order valence-corrected chi connectivity index (χ2v) is 4.78. The summed E-state index contributed by atoms with van der Waals surface area (Å²) >= 11 is 0. The van der Waals surface area contributed by atoms with Crippen molar-refractivity contribution < 1.29 is 14.5 Å². The van der Waals surface area contributed by atoms with Crippen LogP contribution < -0.4 is 5.32 Å². The molecule has 2 aromatic carbocycles. The Hall–Kier alpha value is -2.89. The quantitative estimate of drug-likeness (QED) is 0.676. The van der Waals surface area contributed by atoms with E-state index in [9.17, 15) is 14.9 Å². The van der Waals surface area contributed by atoms with Gasteiger partial charge in [-0.25, -0.2) is 4.79 Å². The summed E-state index contributed by atoms with van der Waals surface area (Å²) in [5, 5.41) is 13.4. The Balaban J connectivity index is 1.91. The molecule has 0 bridgehead atoms. The molecule has 2 aromatic rings. The first-order valence-corrected chi connectivity index (χ1v) is 6.78. The minimum absolute atomic E-state index is 0.0104. The fourth-order valence-corrected chi connectivity index (χ4v) is 1.93. The number of ether oxygens (including phenoxy) is 1. The zero-order chi connectivity index (χ0) is 15.9. The van der Waals surface area contributed by atoms with E-state index in [0.717, 1.165) is 5.56 Å². The van der Waals surface area contributed by atoms with Gasteiger partial charge in [-0.15, -0.1) is 0 Å². The van der Waals surface area contributed by atoms with Crippen molar-refractivity contribution in [3.05, 3.63) is 75.8 Å². The Morgan fingerprint density at radius 2 is 1.95 bits per heavy atom. The third-order valence-corrected chi connectivity index (χ3v) is 3.13. The van der Waals surface area contributed by atoms with E-state index in [4.69, 9.17) is 4.74 Å². The van der Waals surface area contributed by atoms with E-state index in [1.54, 1.807) is 19.1 Å². The number of nitro groups is 1. The second kappa shape index (κ2) is 7.21. The molecular weight excluding hydrogens is 284 g/mol. The third kappa shape index (κ3) is 4.31. The monoisotopic (exact) mass is 300 g/mol. The lowest BCUT2D eigenvalue weighted by atomic mass is 10.1. The van der Waals surface area contributed by atoms with Gasteiger partial charge in [-0.1, -0.05) is 42.5 Å². The number of hydrogen-bond donors (Lipinski definition) is 1. The topological polar surface area (TPSA) is 81.5 Å². The number of nitrogens with zero attached hydrogens (tertiary/aromatic N) is 1. The van der Waals surface area contributed by atoms with Gasteiger partial charge < -0.3 is 10.1 Å². The summed E-state index contributed by atoms with van der Waals surface area (Å²) in [6.45, 7) is 1.91. The number of non-ortho nitro benzene ring substituents is 1. The number of nitro benzene ring substituents is 1. The Labute approximate surface area is 127 Å². The van der Waals surface area contributed by atoms with Gasteiger partial charge in [-0.3, -0.25) is 10.1 Å². The molecule has 114 valence electrons. The maximum atomic E-state index is 11.8. The minimum Gasteiger partial charge on any atom is -0.445 e. The van der Waals surface area contributed by atoms with Crippen LogP contribution in [0.4, 0.5) is 10.5 Å². The number of carbonyl (C=O) groups excluding carboxylic acids is 1. The van der Waals surface area contributed by atoms with Crippen LogP contribution in [0.2, 0.25) is 0 Å². The summed E-state index contributed by atoms with van der Waals surface area (Å²) in [7, 11) is 0. The average molecular weight is 300 g/mol. The van der Waals surface area contributed by atoms with E-state index < -0.39 is 11.0 Å². The summed E-state index contributed by atoms with van der Waals surface area (Å²) in [5.41, 5.74) is 1.52. The number of carbonyl (C=O) groups is 1. The lowest BCUT2D eigenvalue weighted by Crippen LogP contribution is -2.27. The maximum Gasteiger partial charge on any atom is 0.407 e. The molecule has 0 spiro atoms. The lowest BCUT2D eigenvalue weighted by Gasteiger charge is -2.14. The maximum absolute atomic E-state index is 11.8. The smallest absolute Gasteiger partial charge is 0.407 e. The molecule has 1 amide bonds. The molecule has 0 fully saturated rings. The number of hydrogen-bond acceptors (Lipinski definition) is 4. The highest BCUT2D eigenvalue weighted by molar-refractivity contribution is 5.68. The Morgan fingerprint density at radius 1 is 1.23 bits per heavy atom. The van der Waals surface area contributed by atoms with Gasteiger partial charge in [-0.2, -0.15) is 0 Å². The van der Waals surface area contributed by atoms with Crippen LogP contribution in [0.15, 0.2) is 54.6 Å². The van der Waals surface area contributed by atoms with Gasteiger partial charge in [0.25, 0.3) is 5.69 Å². The highest BCUT2D eigenvalue weighted by Crippen LogP contribution is 2.19. The molecule has 0 aliphatic heterocycles. The van der Waals surface area contributed by atoms with Crippen LogP contribution in [-0.2, 0) is 11.3 Å². The van der Waals surface area contributed by atoms with Crippen molar-refractivity contribution in [3.63, 3.8) is 0 Å². The first-order chi connectivity index (χ1) is 10.6. The third-order valence-electron chi connectivity index (χ3n) is 3.13. The number of benzene rings is 2. The summed E-state index contributed by atoms with van der Waals surface area (Å²) in [5.74, 6) is 0. The molecule has 6 heteroatoms. The lowest BCUT2D eigenvalue weighted by molar-refractivity contribution is -0.384. The van der Waals surface area contributed by atoms with Crippen LogP contribution in [0.1, 0.15) is 24.1 Å². The molecule has 0 saturated heterocycles. The first kappa shape index (κ1) is 15.5. The van der Waals surface area contributed by atoms with Crippen LogP contribution >= 0.6 is 0 Å². The summed E-state index contributed by atoms with van der Waals surface area (Å²) in [4.78, 5) is 22.0. The summed E-state index contributed by atoms with van der Waals surface area (Å²) < 4.78 is 5.11. The van der Waals surface area contributed by atoms with Crippen molar-refractivity contribution in [1.29, 1.82) is 0 Å². The molecule has 1 N–H and O–H groups in total. The van der Waals surface area contributed by atoms with Crippen LogP contribution in [0.5, 0.6) is 0 Å². The predicted molar refractivity (Wildman–Crippen MR) is 81.3 cm³/mol. The van der Waals surface area contributed by atoms with Gasteiger partial charge in [-0.05, 0) is 18.1 Å². The molecule has 22 heavy (non-hydrogen) atoms. The number of nitrogens with one attached hydrogen (secondary N) is 1. The largest absolute Gasteiger partial charge is 0.445 e. The van der Waals surface area contributed by atoms with Gasteiger partial charge >= 0.3 is 6.09 Å².